The van der Waals surface area contributed by atoms with Crippen molar-refractivity contribution in [3.63, 3.8) is 0 Å². The van der Waals surface area contributed by atoms with E-state index in [4.69, 9.17) is 18.9 Å². The average molecular weight is 546 g/mol. The molecular weight excluding hydrogens is 502 g/mol. The molecule has 1 heterocycles. The lowest BCUT2D eigenvalue weighted by atomic mass is 9.67. The van der Waals surface area contributed by atoms with E-state index in [0.29, 0.717) is 37.9 Å². The Morgan fingerprint density at radius 1 is 0.650 bits per heavy atom. The number of amides is 1. The van der Waals surface area contributed by atoms with Crippen molar-refractivity contribution in [2.45, 2.75) is 57.8 Å². The average Bonchev–Trinajstić information content (AvgIpc) is 3.20. The molecule has 0 bridgehead atoms. The molecular formula is C34H43NO5. The number of nitrogens with one attached hydrogen (secondary N) is 1. The molecule has 0 unspecified atom stereocenters. The van der Waals surface area contributed by atoms with E-state index in [-0.39, 0.29) is 16.7 Å². The van der Waals surface area contributed by atoms with Gasteiger partial charge < -0.3 is 24.3 Å². The summed E-state index contributed by atoms with van der Waals surface area (Å²) < 4.78 is 23.2. The van der Waals surface area contributed by atoms with Gasteiger partial charge in [-0.25, -0.2) is 0 Å². The monoisotopic (exact) mass is 545 g/mol. The molecule has 6 nitrogen and oxygen atoms in total. The minimum Gasteiger partial charge on any atom is -0.491 e. The van der Waals surface area contributed by atoms with Crippen molar-refractivity contribution in [1.29, 1.82) is 0 Å². The Balaban J connectivity index is 2.12. The number of hydrogen-bond donors (Lipinski definition) is 1. The lowest BCUT2D eigenvalue weighted by molar-refractivity contribution is -0.118. The first-order chi connectivity index (χ1) is 18.9. The Bertz CT molecular complexity index is 1280. The van der Waals surface area contributed by atoms with Crippen molar-refractivity contribution in [2.75, 3.05) is 46.0 Å². The lowest BCUT2D eigenvalue weighted by Crippen LogP contribution is -2.38. The molecule has 0 aromatic heterocycles. The second-order valence-corrected chi connectivity index (χ2v) is 12.4. The van der Waals surface area contributed by atoms with Gasteiger partial charge in [-0.05, 0) is 52.3 Å². The van der Waals surface area contributed by atoms with Crippen LogP contribution in [0.2, 0.25) is 0 Å². The van der Waals surface area contributed by atoms with Crippen molar-refractivity contribution in [2.24, 2.45) is 0 Å². The SMILES string of the molecule is COCCOc1ccc(C(C)(C)C)cc1C1(c2cc(C(C)(C)C)ccc2OCCOC)C(=O)Nc2ccccc21. The molecule has 1 N–H and O–H groups in total. The second kappa shape index (κ2) is 11.6. The molecule has 3 aromatic rings. The van der Waals surface area contributed by atoms with Crippen LogP contribution >= 0.6 is 0 Å². The van der Waals surface area contributed by atoms with E-state index in [0.717, 1.165) is 33.5 Å². The van der Waals surface area contributed by atoms with Crippen LogP contribution in [0.5, 0.6) is 11.5 Å². The molecule has 0 spiro atoms. The van der Waals surface area contributed by atoms with Crippen LogP contribution in [0.4, 0.5) is 5.69 Å². The molecule has 1 aliphatic heterocycles. The van der Waals surface area contributed by atoms with Crippen LogP contribution in [-0.2, 0) is 30.5 Å². The molecule has 1 aliphatic rings. The van der Waals surface area contributed by atoms with Gasteiger partial charge in [0, 0.05) is 36.6 Å². The summed E-state index contributed by atoms with van der Waals surface area (Å²) in [5.74, 6) is 1.14. The molecule has 0 atom stereocenters. The maximum atomic E-state index is 14.6. The summed E-state index contributed by atoms with van der Waals surface area (Å²) in [5.41, 5.74) is 3.89. The summed E-state index contributed by atoms with van der Waals surface area (Å²) in [5, 5.41) is 3.19. The Morgan fingerprint density at radius 2 is 1.12 bits per heavy atom. The fourth-order valence-electron chi connectivity index (χ4n) is 5.24. The topological polar surface area (TPSA) is 66.0 Å². The minimum atomic E-state index is -1.22. The number of anilines is 1. The molecule has 214 valence electrons. The highest BCUT2D eigenvalue weighted by Gasteiger charge is 2.53. The molecule has 40 heavy (non-hydrogen) atoms. The standard InChI is InChI=1S/C34H43NO5/c1-32(2,3)23-13-15-29(39-19-17-37-7)26(21-23)34(25-11-9-10-12-28(25)35-31(34)36)27-22-24(33(4,5)6)14-16-30(27)40-20-18-38-8/h9-16,21-22H,17-20H2,1-8H3,(H,35,36). The van der Waals surface area contributed by atoms with Gasteiger partial charge in [0.25, 0.3) is 0 Å². The Morgan fingerprint density at radius 3 is 1.57 bits per heavy atom. The lowest BCUT2D eigenvalue weighted by Gasteiger charge is -2.34. The smallest absolute Gasteiger partial charge is 0.244 e. The summed E-state index contributed by atoms with van der Waals surface area (Å²) >= 11 is 0. The van der Waals surface area contributed by atoms with Crippen molar-refractivity contribution in [1.82, 2.24) is 0 Å². The van der Waals surface area contributed by atoms with Gasteiger partial charge in [-0.15, -0.1) is 0 Å². The number of ether oxygens (including phenoxy) is 4. The zero-order valence-electron chi connectivity index (χ0n) is 25.1. The number of para-hydroxylation sites is 1. The molecule has 0 aliphatic carbocycles. The minimum absolute atomic E-state index is 0.140. The second-order valence-electron chi connectivity index (χ2n) is 12.4. The fourth-order valence-corrected chi connectivity index (χ4v) is 5.24. The highest BCUT2D eigenvalue weighted by Crippen LogP contribution is 2.53. The quantitative estimate of drug-likeness (QED) is 0.290. The normalized spacial score (nSPS) is 14.6. The van der Waals surface area contributed by atoms with Gasteiger partial charge in [0.1, 0.15) is 30.1 Å². The highest BCUT2D eigenvalue weighted by molar-refractivity contribution is 6.12. The van der Waals surface area contributed by atoms with E-state index >= 15 is 0 Å². The summed E-state index contributed by atoms with van der Waals surface area (Å²) in [6.07, 6.45) is 0. The summed E-state index contributed by atoms with van der Waals surface area (Å²) in [6, 6.07) is 20.3. The Labute approximate surface area is 239 Å². The number of rotatable bonds is 10. The molecule has 6 heteroatoms. The third kappa shape index (κ3) is 5.61. The number of methoxy groups -OCH3 is 2. The number of benzene rings is 3. The van der Waals surface area contributed by atoms with Crippen LogP contribution < -0.4 is 14.8 Å². The van der Waals surface area contributed by atoms with E-state index in [1.165, 1.54) is 0 Å². The van der Waals surface area contributed by atoms with E-state index in [9.17, 15) is 4.79 Å². The van der Waals surface area contributed by atoms with Crippen molar-refractivity contribution in [3.8, 4) is 11.5 Å². The fraction of sp³-hybridized carbons (Fsp3) is 0.441. The van der Waals surface area contributed by atoms with Gasteiger partial charge >= 0.3 is 0 Å². The summed E-state index contributed by atoms with van der Waals surface area (Å²) in [4.78, 5) is 14.6. The number of fused-ring (bicyclic) bond motifs is 1. The van der Waals surface area contributed by atoms with Crippen LogP contribution in [-0.4, -0.2) is 46.6 Å². The Kier molecular flexibility index (Phi) is 8.62. The molecule has 4 rings (SSSR count). The summed E-state index contributed by atoms with van der Waals surface area (Å²) in [7, 11) is 3.30. The van der Waals surface area contributed by atoms with Crippen LogP contribution in [0.1, 0.15) is 69.4 Å². The Hall–Kier alpha value is -3.35. The predicted molar refractivity (Wildman–Crippen MR) is 160 cm³/mol. The zero-order chi connectivity index (χ0) is 29.1. The first kappa shape index (κ1) is 29.6. The van der Waals surface area contributed by atoms with Crippen LogP contribution in [0, 0.1) is 0 Å². The molecule has 0 saturated heterocycles. The number of carbonyl (C=O) groups is 1. The van der Waals surface area contributed by atoms with Gasteiger partial charge in [-0.2, -0.15) is 0 Å². The zero-order valence-corrected chi connectivity index (χ0v) is 25.1. The molecule has 0 radical (unpaired) electrons. The van der Waals surface area contributed by atoms with Gasteiger partial charge in [-0.3, -0.25) is 4.79 Å². The summed E-state index contributed by atoms with van der Waals surface area (Å²) in [6.45, 7) is 14.6. The van der Waals surface area contributed by atoms with Crippen LogP contribution in [0.15, 0.2) is 60.7 Å². The third-order valence-electron chi connectivity index (χ3n) is 7.51. The first-order valence-corrected chi connectivity index (χ1v) is 13.9. The van der Waals surface area contributed by atoms with E-state index in [1.807, 2.05) is 36.4 Å². The maximum Gasteiger partial charge on any atom is 0.244 e. The van der Waals surface area contributed by atoms with Crippen molar-refractivity contribution >= 4 is 11.6 Å². The molecule has 1 amide bonds. The predicted octanol–water partition coefficient (Wildman–Crippen LogP) is 6.62. The van der Waals surface area contributed by atoms with Gasteiger partial charge in [0.05, 0.1) is 13.2 Å². The molecule has 0 fully saturated rings. The molecule has 0 saturated carbocycles. The number of hydrogen-bond acceptors (Lipinski definition) is 5. The van der Waals surface area contributed by atoms with Gasteiger partial charge in [0.15, 0.2) is 0 Å². The van der Waals surface area contributed by atoms with E-state index in [2.05, 4.69) is 71.1 Å². The van der Waals surface area contributed by atoms with Crippen molar-refractivity contribution < 1.29 is 23.7 Å². The van der Waals surface area contributed by atoms with Crippen LogP contribution in [0.25, 0.3) is 0 Å². The van der Waals surface area contributed by atoms with E-state index in [1.54, 1.807) is 14.2 Å². The first-order valence-electron chi connectivity index (χ1n) is 13.9. The molecule has 3 aromatic carbocycles. The van der Waals surface area contributed by atoms with Gasteiger partial charge in [-0.1, -0.05) is 71.9 Å². The van der Waals surface area contributed by atoms with Crippen LogP contribution in [0.3, 0.4) is 0 Å². The highest BCUT2D eigenvalue weighted by atomic mass is 16.5. The van der Waals surface area contributed by atoms with E-state index < -0.39 is 5.41 Å². The van der Waals surface area contributed by atoms with Crippen molar-refractivity contribution in [3.05, 3.63) is 88.5 Å². The third-order valence-corrected chi connectivity index (χ3v) is 7.51. The largest absolute Gasteiger partial charge is 0.491 e. The maximum absolute atomic E-state index is 14.6. The van der Waals surface area contributed by atoms with Gasteiger partial charge in [0.2, 0.25) is 5.91 Å². The number of carbonyl (C=O) groups excluding carboxylic acids is 1.